The van der Waals surface area contributed by atoms with Crippen LogP contribution < -0.4 is 4.74 Å². The van der Waals surface area contributed by atoms with E-state index in [9.17, 15) is 9.59 Å². The van der Waals surface area contributed by atoms with E-state index in [4.69, 9.17) is 4.74 Å². The molecule has 2 aromatic rings. The van der Waals surface area contributed by atoms with E-state index < -0.39 is 5.25 Å². The van der Waals surface area contributed by atoms with Crippen molar-refractivity contribution in [3.8, 4) is 5.75 Å². The number of hydrogen-bond donors (Lipinski definition) is 0. The van der Waals surface area contributed by atoms with Crippen molar-refractivity contribution in [2.45, 2.75) is 104 Å². The van der Waals surface area contributed by atoms with E-state index in [1.54, 1.807) is 6.92 Å². The van der Waals surface area contributed by atoms with E-state index in [-0.39, 0.29) is 11.1 Å². The van der Waals surface area contributed by atoms with Crippen LogP contribution >= 0.6 is 11.8 Å². The van der Waals surface area contributed by atoms with Gasteiger partial charge in [0, 0.05) is 24.0 Å². The first-order valence-corrected chi connectivity index (χ1v) is 18.4. The molecule has 1 aliphatic heterocycles. The average Bonchev–Trinajstić information content (AvgIpc) is 3.37. The van der Waals surface area contributed by atoms with Crippen LogP contribution in [0.3, 0.4) is 0 Å². The number of carbonyl (C=O) groups excluding carboxylic acids is 2. The van der Waals surface area contributed by atoms with Gasteiger partial charge in [0.25, 0.3) is 5.24 Å². The van der Waals surface area contributed by atoms with Crippen molar-refractivity contribution in [2.75, 3.05) is 6.61 Å². The van der Waals surface area contributed by atoms with Crippen molar-refractivity contribution in [1.82, 2.24) is 9.88 Å². The molecule has 0 radical (unpaired) electrons. The summed E-state index contributed by atoms with van der Waals surface area (Å²) in [5.74, 6) is 0.586. The van der Waals surface area contributed by atoms with Gasteiger partial charge in [-0.3, -0.25) is 14.6 Å². The van der Waals surface area contributed by atoms with Gasteiger partial charge in [0.15, 0.2) is 0 Å². The zero-order valence-electron chi connectivity index (χ0n) is 29.6. The molecule has 48 heavy (non-hydrogen) atoms. The third-order valence-electron chi connectivity index (χ3n) is 7.40. The van der Waals surface area contributed by atoms with E-state index >= 15 is 0 Å². The topological polar surface area (TPSA) is 59.5 Å². The summed E-state index contributed by atoms with van der Waals surface area (Å²) in [5.41, 5.74) is 3.70. The van der Waals surface area contributed by atoms with Crippen molar-refractivity contribution in [1.29, 1.82) is 0 Å². The molecule has 0 N–H and O–H groups in total. The lowest BCUT2D eigenvalue weighted by atomic mass is 10.1. The number of aryl methyl sites for hydroxylation is 1. The minimum absolute atomic E-state index is 0.190. The largest absolute Gasteiger partial charge is 0.493 e. The number of amides is 2. The summed E-state index contributed by atoms with van der Waals surface area (Å²) in [6.45, 7) is 12.4. The van der Waals surface area contributed by atoms with Crippen LogP contribution in [-0.2, 0) is 24.1 Å². The number of aromatic nitrogens is 1. The lowest BCUT2D eigenvalue weighted by Gasteiger charge is -2.13. The predicted octanol–water partition coefficient (Wildman–Crippen LogP) is 11.3. The van der Waals surface area contributed by atoms with Crippen molar-refractivity contribution >= 4 is 22.9 Å². The number of nitrogens with zero attached hydrogens (tertiary/aromatic N) is 2. The molecule has 3 rings (SSSR count). The molecule has 1 aromatic heterocycles. The summed E-state index contributed by atoms with van der Waals surface area (Å²) in [6.07, 6.45) is 35.7. The minimum atomic E-state index is -0.395. The third kappa shape index (κ3) is 16.8. The third-order valence-corrected chi connectivity index (χ3v) is 8.44. The molecule has 2 amide bonds. The normalized spacial score (nSPS) is 15.1. The number of benzene rings is 1. The van der Waals surface area contributed by atoms with Crippen LogP contribution in [0.1, 0.15) is 95.9 Å². The lowest BCUT2D eigenvalue weighted by Crippen LogP contribution is -2.30. The molecule has 1 fully saturated rings. The maximum absolute atomic E-state index is 12.3. The Bertz CT molecular complexity index is 1340. The number of unbranched alkanes of at least 4 members (excludes halogenated alkanes) is 2. The molecular weight excluding hydrogens is 613 g/mol. The molecule has 1 unspecified atom stereocenters. The van der Waals surface area contributed by atoms with E-state index in [2.05, 4.69) is 99.2 Å². The number of ether oxygens (including phenoxy) is 1. The molecule has 1 aromatic carbocycles. The van der Waals surface area contributed by atoms with E-state index in [0.29, 0.717) is 18.7 Å². The number of thioether (sulfide) groups is 1. The van der Waals surface area contributed by atoms with Crippen molar-refractivity contribution in [3.63, 3.8) is 0 Å². The van der Waals surface area contributed by atoms with Crippen LogP contribution in [0.15, 0.2) is 116 Å². The smallest absolute Gasteiger partial charge is 0.293 e. The number of imide groups is 1. The summed E-state index contributed by atoms with van der Waals surface area (Å²) in [6, 6.07) is 11.8. The highest BCUT2D eigenvalue weighted by atomic mass is 32.2. The van der Waals surface area contributed by atoms with Crippen molar-refractivity contribution in [3.05, 3.63) is 132 Å². The van der Waals surface area contributed by atoms with Crippen LogP contribution in [-0.4, -0.2) is 32.9 Å². The predicted molar refractivity (Wildman–Crippen MR) is 205 cm³/mol. The number of hydrogen-bond acceptors (Lipinski definition) is 5. The Morgan fingerprint density at radius 2 is 1.31 bits per heavy atom. The fourth-order valence-electron chi connectivity index (χ4n) is 4.61. The van der Waals surface area contributed by atoms with Gasteiger partial charge in [-0.15, -0.1) is 0 Å². The molecule has 1 saturated heterocycles. The summed E-state index contributed by atoms with van der Waals surface area (Å²) >= 11 is 1.06. The summed E-state index contributed by atoms with van der Waals surface area (Å²) < 4.78 is 5.79. The molecule has 2 heterocycles. The molecule has 0 bridgehead atoms. The molecule has 0 spiro atoms. The van der Waals surface area contributed by atoms with Crippen LogP contribution in [0.4, 0.5) is 4.79 Å². The van der Waals surface area contributed by atoms with Crippen LogP contribution in [0, 0.1) is 0 Å². The number of pyridine rings is 1. The number of carbonyl (C=O) groups is 2. The standard InChI is InChI=1S/C22H24N2O3S.C20H32/c1-4-16-5-8-18(23-14-16)11-12-27-19-9-6-17(7-10-19)13-20-21(25)24(15(2)3)22(26)28-20;1-3-5-7-9-11-13-15-17-19-20-18-16-14-12-10-8-6-4-2/h5-10,14,20H,2,4,11-13H2,1,3H3;7-10,13-16,19-20H,3-6,11-12,17-18H2,1-2H3/b;9-7-,10-8-,15-13-,16-14-,20-19-. The Hall–Kier alpha value is -3.90. The highest BCUT2D eigenvalue weighted by Gasteiger charge is 2.39. The van der Waals surface area contributed by atoms with Crippen LogP contribution in [0.25, 0.3) is 0 Å². The summed E-state index contributed by atoms with van der Waals surface area (Å²) in [5, 5.41) is -0.642. The Labute approximate surface area is 294 Å². The van der Waals surface area contributed by atoms with Gasteiger partial charge >= 0.3 is 0 Å². The fraction of sp³-hybridized carbons (Fsp3) is 0.405. The van der Waals surface area contributed by atoms with Crippen molar-refractivity contribution < 1.29 is 14.3 Å². The van der Waals surface area contributed by atoms with Crippen molar-refractivity contribution in [2.24, 2.45) is 0 Å². The average molecular weight is 669 g/mol. The summed E-state index contributed by atoms with van der Waals surface area (Å²) in [4.78, 5) is 29.9. The molecular formula is C42H56N2O3S. The van der Waals surface area contributed by atoms with Gasteiger partial charge in [-0.05, 0) is 87.6 Å². The van der Waals surface area contributed by atoms with Crippen LogP contribution in [0.5, 0.6) is 5.75 Å². The molecule has 5 nitrogen and oxygen atoms in total. The maximum Gasteiger partial charge on any atom is 0.293 e. The Kier molecular flexibility index (Phi) is 21.1. The second kappa shape index (κ2) is 25.2. The van der Waals surface area contributed by atoms with E-state index in [1.807, 2.05) is 36.5 Å². The molecule has 0 saturated carbocycles. The van der Waals surface area contributed by atoms with Gasteiger partial charge in [-0.25, -0.2) is 4.90 Å². The minimum Gasteiger partial charge on any atom is -0.493 e. The zero-order chi connectivity index (χ0) is 34.8. The first-order valence-electron chi connectivity index (χ1n) is 17.5. The van der Waals surface area contributed by atoms with Crippen LogP contribution in [0.2, 0.25) is 0 Å². The lowest BCUT2D eigenvalue weighted by molar-refractivity contribution is -0.125. The molecule has 258 valence electrons. The van der Waals surface area contributed by atoms with E-state index in [0.717, 1.165) is 72.2 Å². The van der Waals surface area contributed by atoms with E-state index in [1.165, 1.54) is 31.2 Å². The molecule has 6 heteroatoms. The highest BCUT2D eigenvalue weighted by Crippen LogP contribution is 2.32. The van der Waals surface area contributed by atoms with Gasteiger partial charge in [-0.1, -0.05) is 131 Å². The van der Waals surface area contributed by atoms with Gasteiger partial charge in [0.05, 0.1) is 11.9 Å². The first kappa shape index (κ1) is 40.3. The van der Waals surface area contributed by atoms with Gasteiger partial charge < -0.3 is 4.74 Å². The van der Waals surface area contributed by atoms with Gasteiger partial charge in [0.1, 0.15) is 5.75 Å². The monoisotopic (exact) mass is 668 g/mol. The second-order valence-electron chi connectivity index (χ2n) is 11.6. The number of rotatable bonds is 20. The summed E-state index contributed by atoms with van der Waals surface area (Å²) in [7, 11) is 0. The first-order chi connectivity index (χ1) is 23.4. The Morgan fingerprint density at radius 3 is 1.75 bits per heavy atom. The number of allylic oxidation sites excluding steroid dienone is 11. The molecule has 1 aliphatic rings. The molecule has 0 aliphatic carbocycles. The Morgan fingerprint density at radius 1 is 0.792 bits per heavy atom. The molecule has 1 atom stereocenters. The second-order valence-corrected chi connectivity index (χ2v) is 12.8. The van der Waals surface area contributed by atoms with Gasteiger partial charge in [0.2, 0.25) is 5.91 Å². The van der Waals surface area contributed by atoms with Gasteiger partial charge in [-0.2, -0.15) is 0 Å². The highest BCUT2D eigenvalue weighted by molar-refractivity contribution is 8.15. The Balaban J connectivity index is 0.000000356. The quantitative estimate of drug-likeness (QED) is 0.131. The fourth-order valence-corrected chi connectivity index (χ4v) is 5.68. The zero-order valence-corrected chi connectivity index (χ0v) is 30.4. The maximum atomic E-state index is 12.3. The SMILES string of the molecule is C=C(C)N1C(=O)SC(Cc2ccc(OCCc3ccc(CC)cn3)cc2)C1=O.CCC/C=C\C/C=C\C/C=C\C/C=C\C/C=C\CCC.